The second-order valence-corrected chi connectivity index (χ2v) is 3.72. The summed E-state index contributed by atoms with van der Waals surface area (Å²) in [5.41, 5.74) is 5.91. The molecule has 16 heavy (non-hydrogen) atoms. The highest BCUT2D eigenvalue weighted by molar-refractivity contribution is 6.31. The predicted molar refractivity (Wildman–Crippen MR) is 63.5 cm³/mol. The van der Waals surface area contributed by atoms with Crippen LogP contribution in [0.1, 0.15) is 12.0 Å². The molecule has 6 heteroatoms. The molecule has 5 nitrogen and oxygen atoms in total. The first-order valence-corrected chi connectivity index (χ1v) is 5.37. The van der Waals surface area contributed by atoms with Gasteiger partial charge in [-0.15, -0.1) is 0 Å². The molecule has 88 valence electrons. The molecule has 0 aliphatic heterocycles. The van der Waals surface area contributed by atoms with Crippen LogP contribution in [0, 0.1) is 10.1 Å². The second kappa shape index (κ2) is 6.42. The average Bonchev–Trinajstić information content (AvgIpc) is 2.25. The molecular formula is C10H14ClN3O2. The quantitative estimate of drug-likeness (QED) is 0.453. The van der Waals surface area contributed by atoms with Crippen molar-refractivity contribution >= 4 is 17.3 Å². The average molecular weight is 244 g/mol. The van der Waals surface area contributed by atoms with Gasteiger partial charge < -0.3 is 11.1 Å². The third-order valence-corrected chi connectivity index (χ3v) is 2.50. The normalized spacial score (nSPS) is 10.4. The lowest BCUT2D eigenvalue weighted by atomic mass is 10.2. The zero-order chi connectivity index (χ0) is 12.0. The van der Waals surface area contributed by atoms with Gasteiger partial charge in [-0.3, -0.25) is 10.1 Å². The first-order valence-electron chi connectivity index (χ1n) is 4.99. The summed E-state index contributed by atoms with van der Waals surface area (Å²) in [5, 5.41) is 14.2. The zero-order valence-electron chi connectivity index (χ0n) is 8.78. The molecule has 0 atom stereocenters. The lowest BCUT2D eigenvalue weighted by molar-refractivity contribution is -0.385. The van der Waals surface area contributed by atoms with Crippen LogP contribution in [0.3, 0.4) is 0 Å². The number of benzene rings is 1. The molecule has 1 aromatic rings. The Balaban J connectivity index is 2.73. The minimum absolute atomic E-state index is 0.0488. The molecule has 0 aromatic heterocycles. The van der Waals surface area contributed by atoms with Crippen LogP contribution < -0.4 is 11.1 Å². The largest absolute Gasteiger partial charge is 0.330 e. The zero-order valence-corrected chi connectivity index (χ0v) is 9.54. The van der Waals surface area contributed by atoms with Crippen LogP contribution in [-0.2, 0) is 6.54 Å². The van der Waals surface area contributed by atoms with Gasteiger partial charge in [0, 0.05) is 12.6 Å². The van der Waals surface area contributed by atoms with Gasteiger partial charge in [0.05, 0.1) is 15.5 Å². The monoisotopic (exact) mass is 243 g/mol. The van der Waals surface area contributed by atoms with E-state index in [2.05, 4.69) is 5.32 Å². The highest BCUT2D eigenvalue weighted by Gasteiger charge is 2.15. The minimum Gasteiger partial charge on any atom is -0.330 e. The van der Waals surface area contributed by atoms with Crippen molar-refractivity contribution < 1.29 is 4.92 Å². The van der Waals surface area contributed by atoms with E-state index in [1.807, 2.05) is 0 Å². The standard InChI is InChI=1S/C10H14ClN3O2/c11-9-3-1-4-10(14(15)16)8(9)7-13-6-2-5-12/h1,3-4,13H,2,5-7,12H2. The third-order valence-electron chi connectivity index (χ3n) is 2.15. The van der Waals surface area contributed by atoms with Crippen molar-refractivity contribution in [2.24, 2.45) is 5.73 Å². The molecule has 0 saturated carbocycles. The number of rotatable bonds is 6. The third kappa shape index (κ3) is 3.44. The van der Waals surface area contributed by atoms with Gasteiger partial charge in [0.25, 0.3) is 5.69 Å². The predicted octanol–water partition coefficient (Wildman–Crippen LogP) is 1.69. The summed E-state index contributed by atoms with van der Waals surface area (Å²) in [6.07, 6.45) is 0.832. The number of nitrogens with two attached hydrogens (primary N) is 1. The van der Waals surface area contributed by atoms with E-state index < -0.39 is 4.92 Å². The Morgan fingerprint density at radius 3 is 2.88 bits per heavy atom. The van der Waals surface area contributed by atoms with E-state index in [1.165, 1.54) is 6.07 Å². The first kappa shape index (κ1) is 12.9. The van der Waals surface area contributed by atoms with Crippen LogP contribution in [-0.4, -0.2) is 18.0 Å². The van der Waals surface area contributed by atoms with Crippen LogP contribution in [0.25, 0.3) is 0 Å². The van der Waals surface area contributed by atoms with Gasteiger partial charge >= 0.3 is 0 Å². The minimum atomic E-state index is -0.425. The highest BCUT2D eigenvalue weighted by atomic mass is 35.5. The molecule has 0 fully saturated rings. The number of hydrogen-bond acceptors (Lipinski definition) is 4. The number of nitrogens with zero attached hydrogens (tertiary/aromatic N) is 1. The van der Waals surface area contributed by atoms with Crippen molar-refractivity contribution in [1.29, 1.82) is 0 Å². The maximum absolute atomic E-state index is 10.8. The lowest BCUT2D eigenvalue weighted by Crippen LogP contribution is -2.18. The van der Waals surface area contributed by atoms with E-state index in [1.54, 1.807) is 12.1 Å². The molecule has 0 radical (unpaired) electrons. The number of nitro benzene ring substituents is 1. The summed E-state index contributed by atoms with van der Waals surface area (Å²) >= 11 is 5.92. The molecule has 1 rings (SSSR count). The number of nitrogens with one attached hydrogen (secondary N) is 1. The topological polar surface area (TPSA) is 81.2 Å². The molecule has 0 heterocycles. The maximum Gasteiger partial charge on any atom is 0.275 e. The molecule has 0 amide bonds. The summed E-state index contributed by atoms with van der Waals surface area (Å²) < 4.78 is 0. The Morgan fingerprint density at radius 1 is 1.50 bits per heavy atom. The van der Waals surface area contributed by atoms with Gasteiger partial charge in [0.2, 0.25) is 0 Å². The fourth-order valence-electron chi connectivity index (χ4n) is 1.33. The maximum atomic E-state index is 10.8. The van der Waals surface area contributed by atoms with Crippen molar-refractivity contribution in [3.05, 3.63) is 38.9 Å². The fourth-order valence-corrected chi connectivity index (χ4v) is 1.57. The van der Waals surface area contributed by atoms with Crippen LogP contribution >= 0.6 is 11.6 Å². The van der Waals surface area contributed by atoms with E-state index in [-0.39, 0.29) is 5.69 Å². The molecule has 0 aliphatic carbocycles. The summed E-state index contributed by atoms with van der Waals surface area (Å²) in [6.45, 7) is 1.70. The van der Waals surface area contributed by atoms with Crippen molar-refractivity contribution in [1.82, 2.24) is 5.32 Å². The van der Waals surface area contributed by atoms with Crippen molar-refractivity contribution in [3.8, 4) is 0 Å². The van der Waals surface area contributed by atoms with Crippen molar-refractivity contribution in [2.45, 2.75) is 13.0 Å². The smallest absolute Gasteiger partial charge is 0.275 e. The number of halogens is 1. The highest BCUT2D eigenvalue weighted by Crippen LogP contribution is 2.25. The number of hydrogen-bond donors (Lipinski definition) is 2. The van der Waals surface area contributed by atoms with Gasteiger partial charge in [0.15, 0.2) is 0 Å². The Hall–Kier alpha value is -1.17. The van der Waals surface area contributed by atoms with Crippen molar-refractivity contribution in [3.63, 3.8) is 0 Å². The molecule has 0 bridgehead atoms. The Labute approximate surface area is 98.7 Å². The summed E-state index contributed by atoms with van der Waals surface area (Å²) in [5.74, 6) is 0. The number of nitro groups is 1. The van der Waals surface area contributed by atoms with Crippen molar-refractivity contribution in [2.75, 3.05) is 13.1 Å². The Bertz CT molecular complexity index is 371. The van der Waals surface area contributed by atoms with Gasteiger partial charge in [-0.05, 0) is 25.6 Å². The molecule has 0 aliphatic rings. The van der Waals surface area contributed by atoms with Crippen LogP contribution in [0.15, 0.2) is 18.2 Å². The van der Waals surface area contributed by atoms with E-state index in [9.17, 15) is 10.1 Å². The van der Waals surface area contributed by atoms with E-state index in [0.717, 1.165) is 13.0 Å². The SMILES string of the molecule is NCCCNCc1c(Cl)cccc1[N+](=O)[O-]. The molecule has 3 N–H and O–H groups in total. The lowest BCUT2D eigenvalue weighted by Gasteiger charge is -2.06. The van der Waals surface area contributed by atoms with Crippen LogP contribution in [0.5, 0.6) is 0 Å². The van der Waals surface area contributed by atoms with E-state index in [4.69, 9.17) is 17.3 Å². The van der Waals surface area contributed by atoms with Gasteiger partial charge in [-0.1, -0.05) is 17.7 Å². The molecular weight excluding hydrogens is 230 g/mol. The molecule has 0 unspecified atom stereocenters. The summed E-state index contributed by atoms with van der Waals surface area (Å²) in [7, 11) is 0. The Kier molecular flexibility index (Phi) is 5.18. The first-order chi connectivity index (χ1) is 7.66. The molecule has 0 spiro atoms. The summed E-state index contributed by atoms with van der Waals surface area (Å²) in [4.78, 5) is 10.3. The van der Waals surface area contributed by atoms with E-state index in [0.29, 0.717) is 23.7 Å². The van der Waals surface area contributed by atoms with Gasteiger partial charge in [-0.25, -0.2) is 0 Å². The molecule has 0 saturated heterocycles. The second-order valence-electron chi connectivity index (χ2n) is 3.31. The van der Waals surface area contributed by atoms with Gasteiger partial charge in [-0.2, -0.15) is 0 Å². The fraction of sp³-hybridized carbons (Fsp3) is 0.400. The van der Waals surface area contributed by atoms with Crippen LogP contribution in [0.2, 0.25) is 5.02 Å². The van der Waals surface area contributed by atoms with Crippen LogP contribution in [0.4, 0.5) is 5.69 Å². The summed E-state index contributed by atoms with van der Waals surface area (Å²) in [6, 6.07) is 4.67. The molecule has 1 aromatic carbocycles. The Morgan fingerprint density at radius 2 is 2.25 bits per heavy atom. The van der Waals surface area contributed by atoms with E-state index >= 15 is 0 Å². The van der Waals surface area contributed by atoms with Gasteiger partial charge in [0.1, 0.15) is 0 Å².